The summed E-state index contributed by atoms with van der Waals surface area (Å²) in [6.07, 6.45) is 1.43. The van der Waals surface area contributed by atoms with Crippen molar-refractivity contribution in [1.82, 2.24) is 0 Å². The Morgan fingerprint density at radius 2 is 2.09 bits per heavy atom. The van der Waals surface area contributed by atoms with Gasteiger partial charge in [0.2, 0.25) is 0 Å². The van der Waals surface area contributed by atoms with E-state index < -0.39 is 0 Å². The highest BCUT2D eigenvalue weighted by Crippen LogP contribution is 2.00. The maximum Gasteiger partial charge on any atom is 0.0774 e. The highest BCUT2D eigenvalue weighted by atomic mass is 35.5. The van der Waals surface area contributed by atoms with Gasteiger partial charge in [-0.25, -0.2) is 0 Å². The van der Waals surface area contributed by atoms with E-state index in [1.807, 2.05) is 13.8 Å². The summed E-state index contributed by atoms with van der Waals surface area (Å²) in [6.45, 7) is 4.33. The first-order chi connectivity index (χ1) is 5.16. The topological polar surface area (TPSA) is 29.5 Å². The fraction of sp³-hybridized carbons (Fsp3) is 1.00. The standard InChI is InChI=1S/C8H17ClO2/c1-7(2)11-6-8(10)4-3-5-9/h7-8,10H,3-6H2,1-2H3. The third-order valence-electron chi connectivity index (χ3n) is 1.29. The van der Waals surface area contributed by atoms with Gasteiger partial charge in [-0.15, -0.1) is 11.6 Å². The molecule has 1 atom stereocenters. The van der Waals surface area contributed by atoms with E-state index in [4.69, 9.17) is 16.3 Å². The molecule has 68 valence electrons. The summed E-state index contributed by atoms with van der Waals surface area (Å²) in [5, 5.41) is 9.25. The zero-order valence-corrected chi connectivity index (χ0v) is 7.97. The Morgan fingerprint density at radius 3 is 2.55 bits per heavy atom. The number of alkyl halides is 1. The Balaban J connectivity index is 3.15. The van der Waals surface area contributed by atoms with E-state index >= 15 is 0 Å². The fourth-order valence-electron chi connectivity index (χ4n) is 0.700. The smallest absolute Gasteiger partial charge is 0.0774 e. The number of halogens is 1. The van der Waals surface area contributed by atoms with Gasteiger partial charge in [-0.2, -0.15) is 0 Å². The van der Waals surface area contributed by atoms with Crippen LogP contribution in [0.3, 0.4) is 0 Å². The molecule has 0 aromatic rings. The first kappa shape index (κ1) is 11.2. The molecular formula is C8H17ClO2. The lowest BCUT2D eigenvalue weighted by Crippen LogP contribution is -2.18. The Hall–Kier alpha value is 0.210. The second-order valence-corrected chi connectivity index (χ2v) is 3.25. The molecule has 0 rings (SSSR count). The first-order valence-electron chi connectivity index (χ1n) is 4.02. The van der Waals surface area contributed by atoms with Gasteiger partial charge in [0.1, 0.15) is 0 Å². The van der Waals surface area contributed by atoms with Gasteiger partial charge in [0.05, 0.1) is 18.8 Å². The number of rotatable bonds is 6. The normalized spacial score (nSPS) is 13.9. The average molecular weight is 181 g/mol. The van der Waals surface area contributed by atoms with Crippen molar-refractivity contribution in [2.45, 2.75) is 38.9 Å². The Kier molecular flexibility index (Phi) is 7.02. The molecule has 0 saturated heterocycles. The second kappa shape index (κ2) is 6.89. The maximum atomic E-state index is 9.25. The lowest BCUT2D eigenvalue weighted by atomic mass is 10.2. The zero-order chi connectivity index (χ0) is 8.69. The van der Waals surface area contributed by atoms with Gasteiger partial charge in [-0.1, -0.05) is 0 Å². The molecule has 0 fully saturated rings. The van der Waals surface area contributed by atoms with Crippen molar-refractivity contribution in [3.8, 4) is 0 Å². The molecule has 0 aliphatic heterocycles. The van der Waals surface area contributed by atoms with Gasteiger partial charge in [0.15, 0.2) is 0 Å². The van der Waals surface area contributed by atoms with Gasteiger partial charge < -0.3 is 9.84 Å². The van der Waals surface area contributed by atoms with E-state index in [1.165, 1.54) is 0 Å². The molecular weight excluding hydrogens is 164 g/mol. The van der Waals surface area contributed by atoms with Gasteiger partial charge >= 0.3 is 0 Å². The van der Waals surface area contributed by atoms with Crippen LogP contribution in [-0.4, -0.2) is 29.8 Å². The molecule has 1 N–H and O–H groups in total. The molecule has 2 nitrogen and oxygen atoms in total. The molecule has 0 spiro atoms. The summed E-state index contributed by atoms with van der Waals surface area (Å²) in [7, 11) is 0. The highest BCUT2D eigenvalue weighted by molar-refractivity contribution is 6.17. The average Bonchev–Trinajstić information content (AvgIpc) is 1.97. The minimum absolute atomic E-state index is 0.195. The van der Waals surface area contributed by atoms with E-state index in [1.54, 1.807) is 0 Å². The van der Waals surface area contributed by atoms with E-state index in [0.717, 1.165) is 12.8 Å². The molecule has 0 aliphatic carbocycles. The van der Waals surface area contributed by atoms with E-state index in [0.29, 0.717) is 12.5 Å². The molecule has 0 heterocycles. The molecule has 0 aromatic heterocycles. The van der Waals surface area contributed by atoms with Crippen molar-refractivity contribution in [3.05, 3.63) is 0 Å². The van der Waals surface area contributed by atoms with Crippen LogP contribution in [-0.2, 0) is 4.74 Å². The van der Waals surface area contributed by atoms with Crippen molar-refractivity contribution < 1.29 is 9.84 Å². The fourth-order valence-corrected chi connectivity index (χ4v) is 0.854. The second-order valence-electron chi connectivity index (χ2n) is 2.87. The highest BCUT2D eigenvalue weighted by Gasteiger charge is 2.04. The van der Waals surface area contributed by atoms with Crippen molar-refractivity contribution in [1.29, 1.82) is 0 Å². The largest absolute Gasteiger partial charge is 0.391 e. The predicted molar refractivity (Wildman–Crippen MR) is 47.0 cm³/mol. The lowest BCUT2D eigenvalue weighted by Gasteiger charge is -2.12. The van der Waals surface area contributed by atoms with E-state index in [2.05, 4.69) is 0 Å². The SMILES string of the molecule is CC(C)OCC(O)CCCCl. The minimum atomic E-state index is -0.351. The van der Waals surface area contributed by atoms with Crippen LogP contribution in [0.1, 0.15) is 26.7 Å². The van der Waals surface area contributed by atoms with E-state index in [-0.39, 0.29) is 12.2 Å². The number of hydrogen-bond acceptors (Lipinski definition) is 2. The third-order valence-corrected chi connectivity index (χ3v) is 1.56. The molecule has 11 heavy (non-hydrogen) atoms. The van der Waals surface area contributed by atoms with Crippen LogP contribution in [0, 0.1) is 0 Å². The van der Waals surface area contributed by atoms with Crippen molar-refractivity contribution in [3.63, 3.8) is 0 Å². The van der Waals surface area contributed by atoms with Crippen molar-refractivity contribution >= 4 is 11.6 Å². The summed E-state index contributed by atoms with van der Waals surface area (Å²) >= 11 is 5.46. The quantitative estimate of drug-likeness (QED) is 0.632. The van der Waals surface area contributed by atoms with E-state index in [9.17, 15) is 5.11 Å². The maximum absolute atomic E-state index is 9.25. The summed E-state index contributed by atoms with van der Waals surface area (Å²) in [5.41, 5.74) is 0. The van der Waals surface area contributed by atoms with Gasteiger partial charge in [-0.3, -0.25) is 0 Å². The zero-order valence-electron chi connectivity index (χ0n) is 7.22. The van der Waals surface area contributed by atoms with Crippen molar-refractivity contribution in [2.24, 2.45) is 0 Å². The molecule has 0 saturated carbocycles. The molecule has 0 bridgehead atoms. The Bertz CT molecular complexity index is 86.2. The van der Waals surface area contributed by atoms with Crippen LogP contribution in [0.15, 0.2) is 0 Å². The number of ether oxygens (including phenoxy) is 1. The van der Waals surface area contributed by atoms with Crippen molar-refractivity contribution in [2.75, 3.05) is 12.5 Å². The minimum Gasteiger partial charge on any atom is -0.391 e. The predicted octanol–water partition coefficient (Wildman–Crippen LogP) is 1.79. The number of aliphatic hydroxyl groups excluding tert-OH is 1. The Morgan fingerprint density at radius 1 is 1.45 bits per heavy atom. The molecule has 1 unspecified atom stereocenters. The molecule has 0 radical (unpaired) electrons. The molecule has 0 aliphatic rings. The summed E-state index contributed by atoms with van der Waals surface area (Å²) < 4.78 is 5.21. The monoisotopic (exact) mass is 180 g/mol. The van der Waals surface area contributed by atoms with Gasteiger partial charge in [0, 0.05) is 5.88 Å². The lowest BCUT2D eigenvalue weighted by molar-refractivity contribution is 0.00257. The Labute approximate surface area is 73.5 Å². The van der Waals surface area contributed by atoms with Gasteiger partial charge in [0.25, 0.3) is 0 Å². The first-order valence-corrected chi connectivity index (χ1v) is 4.56. The van der Waals surface area contributed by atoms with Crippen LogP contribution < -0.4 is 0 Å². The number of hydrogen-bond donors (Lipinski definition) is 1. The van der Waals surface area contributed by atoms with Crippen LogP contribution >= 0.6 is 11.6 Å². The van der Waals surface area contributed by atoms with Gasteiger partial charge in [-0.05, 0) is 26.7 Å². The number of aliphatic hydroxyl groups is 1. The van der Waals surface area contributed by atoms with Crippen LogP contribution in [0.5, 0.6) is 0 Å². The third kappa shape index (κ3) is 8.11. The summed E-state index contributed by atoms with van der Waals surface area (Å²) in [4.78, 5) is 0. The molecule has 0 aromatic carbocycles. The molecule has 3 heteroatoms. The van der Waals surface area contributed by atoms with Crippen LogP contribution in [0.25, 0.3) is 0 Å². The van der Waals surface area contributed by atoms with Crippen LogP contribution in [0.4, 0.5) is 0 Å². The summed E-state index contributed by atoms with van der Waals surface area (Å²) in [5.74, 6) is 0.610. The van der Waals surface area contributed by atoms with Crippen LogP contribution in [0.2, 0.25) is 0 Å². The molecule has 0 amide bonds. The summed E-state index contributed by atoms with van der Waals surface area (Å²) in [6, 6.07) is 0.